The summed E-state index contributed by atoms with van der Waals surface area (Å²) in [4.78, 5) is 1.52. The van der Waals surface area contributed by atoms with Gasteiger partial charge in [-0.15, -0.1) is 11.8 Å². The Morgan fingerprint density at radius 2 is 2.11 bits per heavy atom. The average Bonchev–Trinajstić information content (AvgIpc) is 2.67. The van der Waals surface area contributed by atoms with Crippen molar-refractivity contribution in [2.24, 2.45) is 11.3 Å². The summed E-state index contributed by atoms with van der Waals surface area (Å²) in [6.07, 6.45) is 4.05. The van der Waals surface area contributed by atoms with Gasteiger partial charge in [0.25, 0.3) is 0 Å². The third-order valence-corrected chi connectivity index (χ3v) is 5.53. The van der Waals surface area contributed by atoms with Gasteiger partial charge in [-0.1, -0.05) is 32.0 Å². The minimum absolute atomic E-state index is 0.591. The lowest BCUT2D eigenvalue weighted by atomic mass is 9.71. The van der Waals surface area contributed by atoms with Crippen LogP contribution in [0.4, 0.5) is 0 Å². The summed E-state index contributed by atoms with van der Waals surface area (Å²) in [5.41, 5.74) is 2.16. The summed E-state index contributed by atoms with van der Waals surface area (Å²) in [5, 5.41) is 4.30. The number of fused-ring (bicyclic) bond motifs is 1. The second-order valence-electron chi connectivity index (χ2n) is 6.46. The molecule has 0 radical (unpaired) electrons. The Morgan fingerprint density at radius 1 is 1.33 bits per heavy atom. The second kappa shape index (κ2) is 4.90. The van der Waals surface area contributed by atoms with Crippen LogP contribution >= 0.6 is 11.8 Å². The van der Waals surface area contributed by atoms with Crippen molar-refractivity contribution in [3.05, 3.63) is 29.8 Å². The molecule has 0 spiro atoms. The van der Waals surface area contributed by atoms with Crippen LogP contribution in [0, 0.1) is 11.3 Å². The number of benzene rings is 1. The summed E-state index contributed by atoms with van der Waals surface area (Å²) < 4.78 is 0. The maximum absolute atomic E-state index is 3.49. The highest BCUT2D eigenvalue weighted by Gasteiger charge is 2.40. The van der Waals surface area contributed by atoms with E-state index in [-0.39, 0.29) is 0 Å². The normalized spacial score (nSPS) is 24.9. The molecule has 2 heteroatoms. The topological polar surface area (TPSA) is 12.0 Å². The molecular formula is C16H23NS. The largest absolute Gasteiger partial charge is 0.316 e. The molecule has 0 aliphatic carbocycles. The van der Waals surface area contributed by atoms with Gasteiger partial charge < -0.3 is 5.32 Å². The molecular weight excluding hydrogens is 238 g/mol. The van der Waals surface area contributed by atoms with Gasteiger partial charge in [0, 0.05) is 23.2 Å². The molecule has 1 N–H and O–H groups in total. The van der Waals surface area contributed by atoms with Crippen molar-refractivity contribution in [2.75, 3.05) is 13.1 Å². The van der Waals surface area contributed by atoms with Gasteiger partial charge in [-0.05, 0) is 42.2 Å². The second-order valence-corrected chi connectivity index (χ2v) is 7.80. The van der Waals surface area contributed by atoms with Crippen molar-refractivity contribution in [1.29, 1.82) is 0 Å². The van der Waals surface area contributed by atoms with Gasteiger partial charge in [-0.2, -0.15) is 0 Å². The molecule has 1 unspecified atom stereocenters. The third-order valence-electron chi connectivity index (χ3n) is 4.22. The monoisotopic (exact) mass is 261 g/mol. The van der Waals surface area contributed by atoms with E-state index < -0.39 is 0 Å². The summed E-state index contributed by atoms with van der Waals surface area (Å²) >= 11 is 2.11. The lowest BCUT2D eigenvalue weighted by molar-refractivity contribution is 0.118. The molecule has 18 heavy (non-hydrogen) atoms. The molecule has 1 aromatic rings. The van der Waals surface area contributed by atoms with Crippen LogP contribution in [0.3, 0.4) is 0 Å². The molecule has 1 aromatic carbocycles. The molecule has 1 nitrogen and oxygen atoms in total. The first-order valence-corrected chi connectivity index (χ1v) is 8.00. The van der Waals surface area contributed by atoms with E-state index >= 15 is 0 Å². The Hall–Kier alpha value is -0.470. The molecule has 2 aliphatic rings. The fraction of sp³-hybridized carbons (Fsp3) is 0.625. The van der Waals surface area contributed by atoms with Crippen molar-refractivity contribution in [2.45, 2.75) is 43.3 Å². The lowest BCUT2D eigenvalue weighted by Crippen LogP contribution is -2.55. The summed E-state index contributed by atoms with van der Waals surface area (Å²) in [6, 6.07) is 8.93. The maximum atomic E-state index is 3.49. The minimum Gasteiger partial charge on any atom is -0.316 e. The van der Waals surface area contributed by atoms with Crippen molar-refractivity contribution in [3.63, 3.8) is 0 Å². The summed E-state index contributed by atoms with van der Waals surface area (Å²) in [6.45, 7) is 7.18. The summed E-state index contributed by atoms with van der Waals surface area (Å²) in [5.74, 6) is 0.820. The zero-order chi connectivity index (χ0) is 12.6. The van der Waals surface area contributed by atoms with E-state index in [1.165, 1.54) is 37.2 Å². The van der Waals surface area contributed by atoms with Crippen LogP contribution in [0.2, 0.25) is 0 Å². The predicted molar refractivity (Wildman–Crippen MR) is 79.2 cm³/mol. The highest BCUT2D eigenvalue weighted by molar-refractivity contribution is 8.00. The fourth-order valence-electron chi connectivity index (χ4n) is 3.57. The quantitative estimate of drug-likeness (QED) is 0.886. The van der Waals surface area contributed by atoms with E-state index in [1.54, 1.807) is 5.56 Å². The van der Waals surface area contributed by atoms with Crippen LogP contribution in [0.25, 0.3) is 0 Å². The van der Waals surface area contributed by atoms with Gasteiger partial charge in [0.1, 0.15) is 0 Å². The molecule has 2 aliphatic heterocycles. The number of thioether (sulfide) groups is 1. The van der Waals surface area contributed by atoms with Crippen LogP contribution < -0.4 is 5.32 Å². The number of nitrogens with one attached hydrogen (secondary N) is 1. The minimum atomic E-state index is 0.591. The highest BCUT2D eigenvalue weighted by Crippen LogP contribution is 2.45. The van der Waals surface area contributed by atoms with Gasteiger partial charge >= 0.3 is 0 Å². The van der Waals surface area contributed by atoms with Crippen LogP contribution in [0.5, 0.6) is 0 Å². The van der Waals surface area contributed by atoms with E-state index in [2.05, 4.69) is 55.2 Å². The van der Waals surface area contributed by atoms with Crippen LogP contribution in [0.15, 0.2) is 29.2 Å². The molecule has 0 aromatic heterocycles. The first-order valence-electron chi connectivity index (χ1n) is 7.12. The van der Waals surface area contributed by atoms with Crippen LogP contribution in [0.1, 0.15) is 32.3 Å². The number of rotatable bonds is 4. The van der Waals surface area contributed by atoms with Crippen molar-refractivity contribution < 1.29 is 0 Å². The number of hydrogen-bond donors (Lipinski definition) is 1. The van der Waals surface area contributed by atoms with E-state index in [9.17, 15) is 0 Å². The standard InChI is InChI=1S/C16H23NS/c1-12(2)8-16(10-17-11-16)9-14-7-13-5-3-4-6-15(13)18-14/h3-6,12,14,17H,7-11H2,1-2H3. The van der Waals surface area contributed by atoms with E-state index in [0.717, 1.165) is 11.2 Å². The van der Waals surface area contributed by atoms with E-state index in [4.69, 9.17) is 0 Å². The molecule has 1 fully saturated rings. The zero-order valence-electron chi connectivity index (χ0n) is 11.4. The van der Waals surface area contributed by atoms with E-state index in [0.29, 0.717) is 5.41 Å². The molecule has 2 heterocycles. The van der Waals surface area contributed by atoms with E-state index in [1.807, 2.05) is 0 Å². The summed E-state index contributed by atoms with van der Waals surface area (Å²) in [7, 11) is 0. The molecule has 1 atom stereocenters. The molecule has 0 saturated carbocycles. The fourth-order valence-corrected chi connectivity index (χ4v) is 5.09. The smallest absolute Gasteiger partial charge is 0.0141 e. The Labute approximate surface area is 115 Å². The highest BCUT2D eigenvalue weighted by atomic mass is 32.2. The molecule has 0 amide bonds. The predicted octanol–water partition coefficient (Wildman–Crippen LogP) is 3.73. The Kier molecular flexibility index (Phi) is 3.42. The van der Waals surface area contributed by atoms with Crippen molar-refractivity contribution in [1.82, 2.24) is 5.32 Å². The van der Waals surface area contributed by atoms with Crippen molar-refractivity contribution >= 4 is 11.8 Å². The first-order chi connectivity index (χ1) is 8.67. The Morgan fingerprint density at radius 3 is 2.72 bits per heavy atom. The first kappa shape index (κ1) is 12.6. The lowest BCUT2D eigenvalue weighted by Gasteiger charge is -2.45. The zero-order valence-corrected chi connectivity index (χ0v) is 12.2. The van der Waals surface area contributed by atoms with Gasteiger partial charge in [0.15, 0.2) is 0 Å². The molecule has 1 saturated heterocycles. The van der Waals surface area contributed by atoms with Gasteiger partial charge in [-0.25, -0.2) is 0 Å². The van der Waals surface area contributed by atoms with Crippen LogP contribution in [-0.2, 0) is 6.42 Å². The van der Waals surface area contributed by atoms with Crippen LogP contribution in [-0.4, -0.2) is 18.3 Å². The Bertz CT molecular complexity index is 398. The van der Waals surface area contributed by atoms with Gasteiger partial charge in [-0.3, -0.25) is 0 Å². The van der Waals surface area contributed by atoms with Gasteiger partial charge in [0.2, 0.25) is 0 Å². The third kappa shape index (κ3) is 2.46. The maximum Gasteiger partial charge on any atom is 0.0141 e. The van der Waals surface area contributed by atoms with Crippen molar-refractivity contribution in [3.8, 4) is 0 Å². The molecule has 0 bridgehead atoms. The number of hydrogen-bond acceptors (Lipinski definition) is 2. The SMILES string of the molecule is CC(C)CC1(CC2Cc3ccccc3S2)CNC1. The molecule has 3 rings (SSSR count). The Balaban J connectivity index is 1.65. The van der Waals surface area contributed by atoms with Gasteiger partial charge in [0.05, 0.1) is 0 Å². The average molecular weight is 261 g/mol. The molecule has 98 valence electrons.